The van der Waals surface area contributed by atoms with Crippen LogP contribution in [-0.2, 0) is 14.3 Å². The van der Waals surface area contributed by atoms with Crippen molar-refractivity contribution in [1.82, 2.24) is 0 Å². The van der Waals surface area contributed by atoms with Crippen molar-refractivity contribution in [3.63, 3.8) is 0 Å². The van der Waals surface area contributed by atoms with Crippen molar-refractivity contribution < 1.29 is 32.6 Å². The third-order valence-electron chi connectivity index (χ3n) is 2.85. The second-order valence-corrected chi connectivity index (χ2v) is 6.03. The third-order valence-corrected chi connectivity index (χ3v) is 2.85. The Kier molecular flexibility index (Phi) is 7.19. The van der Waals surface area contributed by atoms with Crippen molar-refractivity contribution >= 4 is 11.9 Å². The van der Waals surface area contributed by atoms with Crippen LogP contribution in [0.5, 0.6) is 0 Å². The van der Waals surface area contributed by atoms with Crippen LogP contribution >= 0.6 is 0 Å². The topological polar surface area (TPSA) is 63.6 Å². The van der Waals surface area contributed by atoms with Gasteiger partial charge in [0.25, 0.3) is 0 Å². The number of halogens is 3. The zero-order chi connectivity index (χ0) is 16.8. The van der Waals surface area contributed by atoms with E-state index in [1.807, 2.05) is 0 Å². The number of rotatable bonds is 7. The number of carboxylic acid groups (broad SMARTS) is 1. The highest BCUT2D eigenvalue weighted by Gasteiger charge is 2.38. The fraction of sp³-hybridized carbons (Fsp3) is 0.857. The molecule has 0 saturated heterocycles. The number of aliphatic carboxylic acids is 1. The molecule has 1 N–H and O–H groups in total. The lowest BCUT2D eigenvalue weighted by Crippen LogP contribution is -2.36. The average molecular weight is 312 g/mol. The van der Waals surface area contributed by atoms with Gasteiger partial charge >= 0.3 is 18.1 Å². The van der Waals surface area contributed by atoms with Gasteiger partial charge in [-0.1, -0.05) is 13.3 Å². The molecule has 0 aromatic heterocycles. The van der Waals surface area contributed by atoms with E-state index in [4.69, 9.17) is 9.84 Å². The summed E-state index contributed by atoms with van der Waals surface area (Å²) in [7, 11) is 0. The average Bonchev–Trinajstić information content (AvgIpc) is 2.23. The molecule has 21 heavy (non-hydrogen) atoms. The largest absolute Gasteiger partial charge is 0.481 e. The molecule has 0 aromatic rings. The number of carbonyl (C=O) groups is 2. The lowest BCUT2D eigenvalue weighted by molar-refractivity contribution is -0.170. The maximum Gasteiger partial charge on any atom is 0.389 e. The molecule has 0 radical (unpaired) electrons. The van der Waals surface area contributed by atoms with Gasteiger partial charge in [0.15, 0.2) is 0 Å². The number of carbonyl (C=O) groups excluding carboxylic acids is 1. The SMILES string of the molecule is CCC[C@H](C(=O)OC(C)(C)C)[C@@H](CCC(F)(F)F)C(=O)O. The van der Waals surface area contributed by atoms with E-state index in [1.54, 1.807) is 27.7 Å². The smallest absolute Gasteiger partial charge is 0.389 e. The van der Waals surface area contributed by atoms with Gasteiger partial charge in [0, 0.05) is 6.42 Å². The van der Waals surface area contributed by atoms with Crippen molar-refractivity contribution in [2.45, 2.75) is 65.2 Å². The molecule has 0 heterocycles. The molecule has 4 nitrogen and oxygen atoms in total. The Morgan fingerprint density at radius 2 is 1.62 bits per heavy atom. The highest BCUT2D eigenvalue weighted by atomic mass is 19.4. The van der Waals surface area contributed by atoms with Crippen LogP contribution in [0.15, 0.2) is 0 Å². The molecule has 0 fully saturated rings. The van der Waals surface area contributed by atoms with E-state index in [-0.39, 0.29) is 6.42 Å². The number of alkyl halides is 3. The first-order chi connectivity index (χ1) is 9.37. The number of hydrogen-bond acceptors (Lipinski definition) is 3. The molecule has 0 aromatic carbocycles. The van der Waals surface area contributed by atoms with Gasteiger partial charge in [0.2, 0.25) is 0 Å². The Labute approximate surface area is 122 Å². The van der Waals surface area contributed by atoms with Gasteiger partial charge in [0.05, 0.1) is 11.8 Å². The molecule has 0 rings (SSSR count). The summed E-state index contributed by atoms with van der Waals surface area (Å²) >= 11 is 0. The van der Waals surface area contributed by atoms with E-state index in [9.17, 15) is 22.8 Å². The number of carboxylic acids is 1. The molecule has 0 unspecified atom stereocenters. The summed E-state index contributed by atoms with van der Waals surface area (Å²) in [6.07, 6.45) is -5.63. The summed E-state index contributed by atoms with van der Waals surface area (Å²) in [5.74, 6) is -4.60. The van der Waals surface area contributed by atoms with Crippen LogP contribution in [0.2, 0.25) is 0 Å². The van der Waals surface area contributed by atoms with Gasteiger partial charge in [-0.15, -0.1) is 0 Å². The van der Waals surface area contributed by atoms with Crippen molar-refractivity contribution in [3.05, 3.63) is 0 Å². The van der Waals surface area contributed by atoms with Crippen LogP contribution in [0, 0.1) is 11.8 Å². The second kappa shape index (κ2) is 7.66. The molecule has 0 aliphatic carbocycles. The van der Waals surface area contributed by atoms with Crippen molar-refractivity contribution in [2.75, 3.05) is 0 Å². The van der Waals surface area contributed by atoms with Crippen LogP contribution in [-0.4, -0.2) is 28.8 Å². The number of ether oxygens (including phenoxy) is 1. The third kappa shape index (κ3) is 8.57. The van der Waals surface area contributed by atoms with Gasteiger partial charge in [-0.25, -0.2) is 0 Å². The van der Waals surface area contributed by atoms with E-state index in [0.717, 1.165) is 0 Å². The van der Waals surface area contributed by atoms with Crippen LogP contribution in [0.25, 0.3) is 0 Å². The molecule has 0 saturated carbocycles. The fourth-order valence-corrected chi connectivity index (χ4v) is 1.99. The molecule has 0 bridgehead atoms. The molecule has 0 aliphatic heterocycles. The molecule has 2 atom stereocenters. The lowest BCUT2D eigenvalue weighted by Gasteiger charge is -2.27. The zero-order valence-electron chi connectivity index (χ0n) is 12.8. The molecule has 0 aliphatic rings. The zero-order valence-corrected chi connectivity index (χ0v) is 12.8. The van der Waals surface area contributed by atoms with Crippen LogP contribution in [0.1, 0.15) is 53.4 Å². The van der Waals surface area contributed by atoms with Crippen LogP contribution < -0.4 is 0 Å². The predicted molar refractivity (Wildman–Crippen MR) is 70.7 cm³/mol. The Morgan fingerprint density at radius 3 is 1.95 bits per heavy atom. The van der Waals surface area contributed by atoms with Gasteiger partial charge in [-0.3, -0.25) is 9.59 Å². The van der Waals surface area contributed by atoms with Gasteiger partial charge in [-0.2, -0.15) is 13.2 Å². The maximum atomic E-state index is 12.3. The molecule has 0 amide bonds. The first kappa shape index (κ1) is 19.7. The summed E-state index contributed by atoms with van der Waals surface area (Å²) in [4.78, 5) is 23.3. The minimum absolute atomic E-state index is 0.184. The molecular formula is C14H23F3O4. The van der Waals surface area contributed by atoms with Gasteiger partial charge < -0.3 is 9.84 Å². The first-order valence-electron chi connectivity index (χ1n) is 6.89. The number of hydrogen-bond donors (Lipinski definition) is 1. The quantitative estimate of drug-likeness (QED) is 0.726. The summed E-state index contributed by atoms with van der Waals surface area (Å²) in [5, 5.41) is 9.14. The second-order valence-electron chi connectivity index (χ2n) is 6.03. The van der Waals surface area contributed by atoms with E-state index in [0.29, 0.717) is 6.42 Å². The minimum atomic E-state index is -4.45. The van der Waals surface area contributed by atoms with Gasteiger partial charge in [-0.05, 0) is 33.6 Å². The van der Waals surface area contributed by atoms with E-state index < -0.39 is 48.4 Å². The van der Waals surface area contributed by atoms with Crippen molar-refractivity contribution in [1.29, 1.82) is 0 Å². The summed E-state index contributed by atoms with van der Waals surface area (Å²) in [6.45, 7) is 6.61. The molecular weight excluding hydrogens is 289 g/mol. The van der Waals surface area contributed by atoms with Crippen LogP contribution in [0.3, 0.4) is 0 Å². The monoisotopic (exact) mass is 312 g/mol. The first-order valence-corrected chi connectivity index (χ1v) is 6.89. The Bertz CT molecular complexity index is 358. The standard InChI is InChI=1S/C14H23F3O4/c1-5-6-10(12(20)21-13(2,3)4)9(11(18)19)7-8-14(15,16)17/h9-10H,5-8H2,1-4H3,(H,18,19)/t9-,10+/m1/s1. The van der Waals surface area contributed by atoms with E-state index in [1.165, 1.54) is 0 Å². The minimum Gasteiger partial charge on any atom is -0.481 e. The highest BCUT2D eigenvalue weighted by molar-refractivity contribution is 5.81. The Hall–Kier alpha value is -1.27. The fourth-order valence-electron chi connectivity index (χ4n) is 1.99. The highest BCUT2D eigenvalue weighted by Crippen LogP contribution is 2.31. The Balaban J connectivity index is 5.07. The van der Waals surface area contributed by atoms with Crippen molar-refractivity contribution in [2.24, 2.45) is 11.8 Å². The Morgan fingerprint density at radius 1 is 1.10 bits per heavy atom. The summed E-state index contributed by atoms with van der Waals surface area (Å²) < 4.78 is 42.0. The molecule has 0 spiro atoms. The predicted octanol–water partition coefficient (Wildman–Crippen LogP) is 3.79. The normalized spacial score (nSPS) is 15.4. The lowest BCUT2D eigenvalue weighted by atomic mass is 9.85. The van der Waals surface area contributed by atoms with E-state index in [2.05, 4.69) is 0 Å². The van der Waals surface area contributed by atoms with E-state index >= 15 is 0 Å². The summed E-state index contributed by atoms with van der Waals surface area (Å²) in [6, 6.07) is 0. The van der Waals surface area contributed by atoms with Gasteiger partial charge in [0.1, 0.15) is 5.60 Å². The number of esters is 1. The van der Waals surface area contributed by atoms with Crippen molar-refractivity contribution in [3.8, 4) is 0 Å². The molecule has 124 valence electrons. The van der Waals surface area contributed by atoms with Crippen LogP contribution in [0.4, 0.5) is 13.2 Å². The summed E-state index contributed by atoms with van der Waals surface area (Å²) in [5.41, 5.74) is -0.809. The molecule has 7 heteroatoms. The maximum absolute atomic E-state index is 12.3.